The van der Waals surface area contributed by atoms with Crippen molar-refractivity contribution in [2.45, 2.75) is 30.7 Å². The first-order valence-corrected chi connectivity index (χ1v) is 9.73. The number of nitriles is 1. The highest BCUT2D eigenvalue weighted by Crippen LogP contribution is 2.47. The van der Waals surface area contributed by atoms with Crippen molar-refractivity contribution in [1.29, 1.82) is 5.26 Å². The first kappa shape index (κ1) is 16.5. The number of fused-ring (bicyclic) bond motifs is 2. The lowest BCUT2D eigenvalue weighted by Gasteiger charge is -2.46. The van der Waals surface area contributed by atoms with Gasteiger partial charge in [0.2, 0.25) is 0 Å². The molecule has 3 aromatic rings. The molecule has 3 aliphatic rings. The summed E-state index contributed by atoms with van der Waals surface area (Å²) >= 11 is 0. The maximum atomic E-state index is 13.4. The highest BCUT2D eigenvalue weighted by Gasteiger charge is 2.63. The zero-order valence-electron chi connectivity index (χ0n) is 15.6. The van der Waals surface area contributed by atoms with Gasteiger partial charge in [-0.25, -0.2) is 4.98 Å². The van der Waals surface area contributed by atoms with Crippen LogP contribution < -0.4 is 4.90 Å². The van der Waals surface area contributed by atoms with Crippen LogP contribution in [0.25, 0.3) is 5.65 Å². The molecule has 0 radical (unpaired) electrons. The Kier molecular flexibility index (Phi) is 3.29. The zero-order chi connectivity index (χ0) is 19.6. The molecular weight excluding hydrogens is 368 g/mol. The van der Waals surface area contributed by atoms with Gasteiger partial charge in [0.1, 0.15) is 24.4 Å². The summed E-state index contributed by atoms with van der Waals surface area (Å²) in [5.74, 6) is 0.888. The third-order valence-corrected chi connectivity index (χ3v) is 6.25. The van der Waals surface area contributed by atoms with Crippen LogP contribution in [0, 0.1) is 11.3 Å². The summed E-state index contributed by atoms with van der Waals surface area (Å²) in [5, 5.41) is 13.5. The molecule has 144 valence electrons. The van der Waals surface area contributed by atoms with E-state index >= 15 is 0 Å². The summed E-state index contributed by atoms with van der Waals surface area (Å²) in [6.07, 6.45) is 3.07. The third-order valence-electron chi connectivity index (χ3n) is 6.25. The standard InChI is InChI=1S/C21H18N6O2/c22-10-15-6-8-17(27-19(15)23-13-24-27)25-11-21(12-25)20(28)26-16(7-9-18(26)29-21)14-4-2-1-3-5-14/h1-6,8,13,16,18H,7,9,11-12H2/t16-,18+/m0/s1. The fraction of sp³-hybridized carbons (Fsp3) is 0.333. The van der Waals surface area contributed by atoms with Gasteiger partial charge in [0.25, 0.3) is 5.91 Å². The first-order valence-electron chi connectivity index (χ1n) is 9.73. The van der Waals surface area contributed by atoms with Gasteiger partial charge in [-0.3, -0.25) is 4.79 Å². The number of ether oxygens (including phenoxy) is 1. The van der Waals surface area contributed by atoms with E-state index in [1.807, 2.05) is 29.2 Å². The predicted octanol–water partition coefficient (Wildman–Crippen LogP) is 1.88. The molecular formula is C21H18N6O2. The van der Waals surface area contributed by atoms with E-state index in [4.69, 9.17) is 4.74 Å². The van der Waals surface area contributed by atoms with Gasteiger partial charge in [-0.05, 0) is 30.5 Å². The molecule has 2 aromatic heterocycles. The first-order chi connectivity index (χ1) is 14.2. The fourth-order valence-electron chi connectivity index (χ4n) is 4.88. The molecule has 0 unspecified atom stereocenters. The van der Waals surface area contributed by atoms with E-state index in [2.05, 4.69) is 33.2 Å². The van der Waals surface area contributed by atoms with E-state index in [0.29, 0.717) is 24.3 Å². The minimum Gasteiger partial charge on any atom is -0.349 e. The van der Waals surface area contributed by atoms with Crippen molar-refractivity contribution < 1.29 is 9.53 Å². The lowest BCUT2D eigenvalue weighted by atomic mass is 9.92. The molecule has 29 heavy (non-hydrogen) atoms. The predicted molar refractivity (Wildman–Crippen MR) is 103 cm³/mol. The Balaban J connectivity index is 1.27. The topological polar surface area (TPSA) is 86.8 Å². The molecule has 1 amide bonds. The largest absolute Gasteiger partial charge is 0.349 e. The van der Waals surface area contributed by atoms with Gasteiger partial charge in [0.15, 0.2) is 11.2 Å². The number of pyridine rings is 1. The van der Waals surface area contributed by atoms with Crippen LogP contribution in [0.2, 0.25) is 0 Å². The molecule has 0 aliphatic carbocycles. The maximum Gasteiger partial charge on any atom is 0.261 e. The number of anilines is 1. The van der Waals surface area contributed by atoms with Crippen LogP contribution in [0.15, 0.2) is 48.8 Å². The molecule has 0 bridgehead atoms. The summed E-state index contributed by atoms with van der Waals surface area (Å²) < 4.78 is 7.95. The minimum atomic E-state index is -0.793. The summed E-state index contributed by atoms with van der Waals surface area (Å²) in [6.45, 7) is 0.947. The Morgan fingerprint density at radius 1 is 1.14 bits per heavy atom. The second kappa shape index (κ2) is 5.78. The van der Waals surface area contributed by atoms with Gasteiger partial charge >= 0.3 is 0 Å². The lowest BCUT2D eigenvalue weighted by molar-refractivity contribution is -0.140. The Bertz CT molecular complexity index is 1160. The van der Waals surface area contributed by atoms with Crippen LogP contribution in [0.1, 0.15) is 30.0 Å². The minimum absolute atomic E-state index is 0.0774. The van der Waals surface area contributed by atoms with E-state index in [9.17, 15) is 10.1 Å². The Hall–Kier alpha value is -3.44. The number of hydrogen-bond acceptors (Lipinski definition) is 6. The van der Waals surface area contributed by atoms with Crippen LogP contribution in [0.4, 0.5) is 5.82 Å². The molecule has 6 rings (SSSR count). The van der Waals surface area contributed by atoms with Crippen molar-refractivity contribution in [2.75, 3.05) is 18.0 Å². The van der Waals surface area contributed by atoms with Gasteiger partial charge in [-0.1, -0.05) is 30.3 Å². The molecule has 2 atom stereocenters. The van der Waals surface area contributed by atoms with Gasteiger partial charge in [0, 0.05) is 0 Å². The summed E-state index contributed by atoms with van der Waals surface area (Å²) in [7, 11) is 0. The van der Waals surface area contributed by atoms with Crippen LogP contribution in [0.3, 0.4) is 0 Å². The molecule has 0 N–H and O–H groups in total. The van der Waals surface area contributed by atoms with E-state index in [0.717, 1.165) is 24.2 Å². The quantitative estimate of drug-likeness (QED) is 0.668. The highest BCUT2D eigenvalue weighted by atomic mass is 16.6. The third kappa shape index (κ3) is 2.19. The molecule has 5 heterocycles. The molecule has 3 fully saturated rings. The van der Waals surface area contributed by atoms with Gasteiger partial charge in [-0.15, -0.1) is 0 Å². The number of nitrogens with zero attached hydrogens (tertiary/aromatic N) is 6. The number of amides is 1. The molecule has 1 spiro atoms. The molecule has 1 aromatic carbocycles. The van der Waals surface area contributed by atoms with Gasteiger partial charge < -0.3 is 14.5 Å². The van der Waals surface area contributed by atoms with Crippen molar-refractivity contribution in [3.63, 3.8) is 0 Å². The van der Waals surface area contributed by atoms with Crippen molar-refractivity contribution in [3.8, 4) is 6.07 Å². The number of carbonyl (C=O) groups is 1. The number of benzene rings is 1. The summed E-state index contributed by atoms with van der Waals surface area (Å²) in [6, 6.07) is 16.0. The van der Waals surface area contributed by atoms with E-state index < -0.39 is 5.60 Å². The Morgan fingerprint density at radius 2 is 1.97 bits per heavy atom. The Morgan fingerprint density at radius 3 is 2.76 bits per heavy atom. The normalized spacial score (nSPS) is 24.7. The molecule has 8 heteroatoms. The number of rotatable bonds is 2. The highest BCUT2D eigenvalue weighted by molar-refractivity contribution is 5.91. The van der Waals surface area contributed by atoms with Crippen molar-refractivity contribution in [1.82, 2.24) is 19.5 Å². The van der Waals surface area contributed by atoms with Crippen LogP contribution in [-0.4, -0.2) is 50.3 Å². The van der Waals surface area contributed by atoms with Crippen LogP contribution >= 0.6 is 0 Å². The summed E-state index contributed by atoms with van der Waals surface area (Å²) in [4.78, 5) is 21.5. The molecule has 8 nitrogen and oxygen atoms in total. The monoisotopic (exact) mass is 386 g/mol. The second-order valence-electron chi connectivity index (χ2n) is 7.85. The van der Waals surface area contributed by atoms with Crippen molar-refractivity contribution in [2.24, 2.45) is 0 Å². The number of hydrogen-bond donors (Lipinski definition) is 0. The van der Waals surface area contributed by atoms with Gasteiger partial charge in [-0.2, -0.15) is 14.9 Å². The number of carbonyl (C=O) groups excluding carboxylic acids is 1. The average Bonchev–Trinajstić information content (AvgIpc) is 3.42. The summed E-state index contributed by atoms with van der Waals surface area (Å²) in [5.41, 5.74) is 1.37. The van der Waals surface area contributed by atoms with Crippen molar-refractivity contribution in [3.05, 3.63) is 59.9 Å². The van der Waals surface area contributed by atoms with Crippen molar-refractivity contribution >= 4 is 17.4 Å². The van der Waals surface area contributed by atoms with E-state index in [1.165, 1.54) is 6.33 Å². The maximum absolute atomic E-state index is 13.4. The Labute approximate surface area is 166 Å². The molecule has 3 aliphatic heterocycles. The smallest absolute Gasteiger partial charge is 0.261 e. The van der Waals surface area contributed by atoms with Gasteiger partial charge in [0.05, 0.1) is 24.7 Å². The average molecular weight is 386 g/mol. The molecule has 3 saturated heterocycles. The molecule has 0 saturated carbocycles. The fourth-order valence-corrected chi connectivity index (χ4v) is 4.88. The SMILES string of the molecule is N#Cc1ccc(N2CC3(C2)O[C@@H]2CC[C@@H](c4ccccc4)N2C3=O)n2ncnc12. The van der Waals surface area contributed by atoms with Crippen LogP contribution in [0.5, 0.6) is 0 Å². The van der Waals surface area contributed by atoms with E-state index in [-0.39, 0.29) is 18.2 Å². The zero-order valence-corrected chi connectivity index (χ0v) is 15.6. The lowest BCUT2D eigenvalue weighted by Crippen LogP contribution is -2.67. The van der Waals surface area contributed by atoms with E-state index in [1.54, 1.807) is 10.6 Å². The van der Waals surface area contributed by atoms with Crippen LogP contribution in [-0.2, 0) is 9.53 Å². The second-order valence-corrected chi connectivity index (χ2v) is 7.85. The number of aromatic nitrogens is 3.